The highest BCUT2D eigenvalue weighted by atomic mass is 16.2. The lowest BCUT2D eigenvalue weighted by atomic mass is 10.1. The molecule has 98 valence electrons. The van der Waals surface area contributed by atoms with Crippen molar-refractivity contribution in [2.75, 3.05) is 11.9 Å². The smallest absolute Gasteiger partial charge is 0.243 e. The van der Waals surface area contributed by atoms with Crippen LogP contribution in [-0.2, 0) is 4.79 Å². The SMILES string of the molecule is Cc1ccc(N(C)C(=O)[C@@H](N)CC2CC2)c(C)c1. The molecule has 2 rings (SSSR count). The summed E-state index contributed by atoms with van der Waals surface area (Å²) in [5.41, 5.74) is 9.26. The number of anilines is 1. The molecule has 3 nitrogen and oxygen atoms in total. The third kappa shape index (κ3) is 2.91. The summed E-state index contributed by atoms with van der Waals surface area (Å²) < 4.78 is 0. The first-order valence-corrected chi connectivity index (χ1v) is 6.59. The second kappa shape index (κ2) is 5.11. The van der Waals surface area contributed by atoms with Crippen molar-refractivity contribution in [2.45, 2.75) is 39.2 Å². The molecule has 0 unspecified atom stereocenters. The highest BCUT2D eigenvalue weighted by Crippen LogP contribution is 2.33. The minimum absolute atomic E-state index is 0.0221. The summed E-state index contributed by atoms with van der Waals surface area (Å²) in [5, 5.41) is 0. The Morgan fingerprint density at radius 2 is 2.11 bits per heavy atom. The summed E-state index contributed by atoms with van der Waals surface area (Å²) in [6.07, 6.45) is 3.29. The first kappa shape index (κ1) is 13.1. The predicted molar refractivity (Wildman–Crippen MR) is 74.6 cm³/mol. The van der Waals surface area contributed by atoms with Crippen LogP contribution in [0.3, 0.4) is 0 Å². The van der Waals surface area contributed by atoms with Gasteiger partial charge in [-0.3, -0.25) is 4.79 Å². The molecule has 1 aromatic carbocycles. The van der Waals surface area contributed by atoms with Gasteiger partial charge in [-0.15, -0.1) is 0 Å². The van der Waals surface area contributed by atoms with Crippen molar-refractivity contribution in [1.82, 2.24) is 0 Å². The van der Waals surface area contributed by atoms with Gasteiger partial charge in [-0.2, -0.15) is 0 Å². The maximum Gasteiger partial charge on any atom is 0.243 e. The molecule has 3 heteroatoms. The number of rotatable bonds is 4. The van der Waals surface area contributed by atoms with E-state index in [0.717, 1.165) is 17.7 Å². The minimum Gasteiger partial charge on any atom is -0.320 e. The van der Waals surface area contributed by atoms with Gasteiger partial charge in [0, 0.05) is 12.7 Å². The normalized spacial score (nSPS) is 16.4. The van der Waals surface area contributed by atoms with Crippen molar-refractivity contribution in [3.63, 3.8) is 0 Å². The molecule has 0 aliphatic heterocycles. The molecule has 1 amide bonds. The van der Waals surface area contributed by atoms with Gasteiger partial charge >= 0.3 is 0 Å². The van der Waals surface area contributed by atoms with Crippen molar-refractivity contribution in [3.05, 3.63) is 29.3 Å². The van der Waals surface area contributed by atoms with Gasteiger partial charge in [-0.25, -0.2) is 0 Å². The van der Waals surface area contributed by atoms with E-state index in [1.807, 2.05) is 26.1 Å². The lowest BCUT2D eigenvalue weighted by molar-refractivity contribution is -0.119. The van der Waals surface area contributed by atoms with E-state index in [-0.39, 0.29) is 11.9 Å². The highest BCUT2D eigenvalue weighted by molar-refractivity contribution is 5.97. The van der Waals surface area contributed by atoms with Crippen LogP contribution in [0.25, 0.3) is 0 Å². The van der Waals surface area contributed by atoms with Crippen molar-refractivity contribution in [1.29, 1.82) is 0 Å². The average molecular weight is 246 g/mol. The number of nitrogens with two attached hydrogens (primary N) is 1. The van der Waals surface area contributed by atoms with Crippen molar-refractivity contribution in [3.8, 4) is 0 Å². The number of nitrogens with zero attached hydrogens (tertiary/aromatic N) is 1. The summed E-state index contributed by atoms with van der Waals surface area (Å²) in [4.78, 5) is 13.9. The zero-order chi connectivity index (χ0) is 13.3. The molecule has 2 N–H and O–H groups in total. The van der Waals surface area contributed by atoms with Crippen LogP contribution in [0.1, 0.15) is 30.4 Å². The molecular weight excluding hydrogens is 224 g/mol. The number of carbonyl (C=O) groups excluding carboxylic acids is 1. The molecule has 1 fully saturated rings. The molecule has 0 spiro atoms. The Morgan fingerprint density at radius 1 is 1.44 bits per heavy atom. The molecular formula is C15H22N2O. The Bertz CT molecular complexity index is 452. The van der Waals surface area contributed by atoms with E-state index in [0.29, 0.717) is 5.92 Å². The Balaban J connectivity index is 2.08. The van der Waals surface area contributed by atoms with Crippen molar-refractivity contribution < 1.29 is 4.79 Å². The Labute approximate surface area is 109 Å². The second-order valence-corrected chi connectivity index (χ2v) is 5.47. The Morgan fingerprint density at radius 3 is 2.67 bits per heavy atom. The van der Waals surface area contributed by atoms with Crippen LogP contribution in [0.15, 0.2) is 18.2 Å². The monoisotopic (exact) mass is 246 g/mol. The first-order valence-electron chi connectivity index (χ1n) is 6.59. The van der Waals surface area contributed by atoms with Gasteiger partial charge in [0.1, 0.15) is 0 Å². The minimum atomic E-state index is -0.358. The third-order valence-corrected chi connectivity index (χ3v) is 3.65. The number of hydrogen-bond acceptors (Lipinski definition) is 2. The molecule has 0 bridgehead atoms. The lowest BCUT2D eigenvalue weighted by Gasteiger charge is -2.23. The molecule has 1 aliphatic carbocycles. The maximum absolute atomic E-state index is 12.2. The first-order chi connectivity index (χ1) is 8.49. The van der Waals surface area contributed by atoms with Crippen LogP contribution in [0, 0.1) is 19.8 Å². The summed E-state index contributed by atoms with van der Waals surface area (Å²) >= 11 is 0. The third-order valence-electron chi connectivity index (χ3n) is 3.65. The van der Waals surface area contributed by atoms with Crippen LogP contribution in [0.2, 0.25) is 0 Å². The van der Waals surface area contributed by atoms with Crippen LogP contribution in [0.5, 0.6) is 0 Å². The number of carbonyl (C=O) groups is 1. The van der Waals surface area contributed by atoms with E-state index < -0.39 is 0 Å². The standard InChI is InChI=1S/C15H22N2O/c1-10-4-7-14(11(2)8-10)17(3)15(18)13(16)9-12-5-6-12/h4,7-8,12-13H,5-6,9,16H2,1-3H3/t13-/m0/s1. The van der Waals surface area contributed by atoms with E-state index in [1.54, 1.807) is 4.90 Å². The van der Waals surface area contributed by atoms with Crippen molar-refractivity contribution in [2.24, 2.45) is 11.7 Å². The summed E-state index contributed by atoms with van der Waals surface area (Å²) in [7, 11) is 1.81. The molecule has 0 aromatic heterocycles. The van der Waals surface area contributed by atoms with E-state index in [4.69, 9.17) is 5.73 Å². The van der Waals surface area contributed by atoms with Gasteiger partial charge in [0.2, 0.25) is 5.91 Å². The summed E-state index contributed by atoms with van der Waals surface area (Å²) in [6, 6.07) is 5.75. The molecule has 0 heterocycles. The van der Waals surface area contributed by atoms with E-state index in [2.05, 4.69) is 13.0 Å². The summed E-state index contributed by atoms with van der Waals surface area (Å²) in [6.45, 7) is 4.08. The Hall–Kier alpha value is -1.35. The van der Waals surface area contributed by atoms with E-state index >= 15 is 0 Å². The molecule has 1 aliphatic rings. The highest BCUT2D eigenvalue weighted by Gasteiger charge is 2.29. The molecule has 1 aromatic rings. The van der Waals surface area contributed by atoms with Crippen LogP contribution < -0.4 is 10.6 Å². The fourth-order valence-corrected chi connectivity index (χ4v) is 2.36. The van der Waals surface area contributed by atoms with Gasteiger partial charge in [0.05, 0.1) is 6.04 Å². The largest absolute Gasteiger partial charge is 0.320 e. The number of hydrogen-bond donors (Lipinski definition) is 1. The van der Waals surface area contributed by atoms with Gasteiger partial charge in [0.15, 0.2) is 0 Å². The van der Waals surface area contributed by atoms with Crippen LogP contribution >= 0.6 is 0 Å². The second-order valence-electron chi connectivity index (χ2n) is 5.47. The zero-order valence-corrected chi connectivity index (χ0v) is 11.4. The fourth-order valence-electron chi connectivity index (χ4n) is 2.36. The van der Waals surface area contributed by atoms with Gasteiger partial charge in [0.25, 0.3) is 0 Å². The van der Waals surface area contributed by atoms with E-state index in [9.17, 15) is 4.79 Å². The quantitative estimate of drug-likeness (QED) is 0.886. The zero-order valence-electron chi connectivity index (χ0n) is 11.4. The van der Waals surface area contributed by atoms with Gasteiger partial charge in [-0.05, 0) is 37.8 Å². The van der Waals surface area contributed by atoms with Crippen LogP contribution in [0.4, 0.5) is 5.69 Å². The van der Waals surface area contributed by atoms with E-state index in [1.165, 1.54) is 18.4 Å². The predicted octanol–water partition coefficient (Wildman–Crippen LogP) is 2.39. The fraction of sp³-hybridized carbons (Fsp3) is 0.533. The molecule has 1 saturated carbocycles. The molecule has 0 radical (unpaired) electrons. The van der Waals surface area contributed by atoms with Crippen molar-refractivity contribution >= 4 is 11.6 Å². The van der Waals surface area contributed by atoms with Gasteiger partial charge in [-0.1, -0.05) is 30.5 Å². The lowest BCUT2D eigenvalue weighted by Crippen LogP contribution is -2.42. The van der Waals surface area contributed by atoms with Crippen LogP contribution in [-0.4, -0.2) is 19.0 Å². The molecule has 1 atom stereocenters. The molecule has 0 saturated heterocycles. The topological polar surface area (TPSA) is 46.3 Å². The number of benzene rings is 1. The average Bonchev–Trinajstić information content (AvgIpc) is 3.11. The summed E-state index contributed by atoms with van der Waals surface area (Å²) in [5.74, 6) is 0.699. The van der Waals surface area contributed by atoms with Gasteiger partial charge < -0.3 is 10.6 Å². The molecule has 18 heavy (non-hydrogen) atoms. The number of likely N-dealkylation sites (N-methyl/N-ethyl adjacent to an activating group) is 1. The number of aryl methyl sites for hydroxylation is 2. The maximum atomic E-state index is 12.2. The Kier molecular flexibility index (Phi) is 3.71. The number of amides is 1.